The SMILES string of the molecule is CCOC(=O)COc1ccccc1C=C1SC(=O)N(CC(=O)Nc2ccc(C)cc2)C1=O. The lowest BCUT2D eigenvalue weighted by atomic mass is 10.2. The van der Waals surface area contributed by atoms with Gasteiger partial charge in [0.15, 0.2) is 6.61 Å². The first-order chi connectivity index (χ1) is 15.4. The topological polar surface area (TPSA) is 102 Å². The minimum Gasteiger partial charge on any atom is -0.481 e. The molecule has 2 aromatic rings. The van der Waals surface area contributed by atoms with Gasteiger partial charge in [0.25, 0.3) is 11.1 Å². The van der Waals surface area contributed by atoms with Crippen molar-refractivity contribution in [3.8, 4) is 5.75 Å². The number of rotatable bonds is 8. The first-order valence-corrected chi connectivity index (χ1v) is 10.7. The molecule has 1 heterocycles. The summed E-state index contributed by atoms with van der Waals surface area (Å²) in [6, 6.07) is 14.0. The number of carbonyl (C=O) groups excluding carboxylic acids is 4. The molecule has 0 unspecified atom stereocenters. The molecule has 9 heteroatoms. The van der Waals surface area contributed by atoms with Gasteiger partial charge < -0.3 is 14.8 Å². The minimum atomic E-state index is -0.570. The molecule has 0 atom stereocenters. The third kappa shape index (κ3) is 5.98. The Morgan fingerprint density at radius 1 is 1.09 bits per heavy atom. The lowest BCUT2D eigenvalue weighted by Crippen LogP contribution is -2.36. The van der Waals surface area contributed by atoms with E-state index >= 15 is 0 Å². The molecule has 32 heavy (non-hydrogen) atoms. The summed E-state index contributed by atoms with van der Waals surface area (Å²) in [7, 11) is 0. The Hall–Kier alpha value is -3.59. The van der Waals surface area contributed by atoms with E-state index in [1.165, 1.54) is 6.08 Å². The Morgan fingerprint density at radius 2 is 1.81 bits per heavy atom. The van der Waals surface area contributed by atoms with Crippen molar-refractivity contribution in [2.24, 2.45) is 0 Å². The number of hydrogen-bond donors (Lipinski definition) is 1. The van der Waals surface area contributed by atoms with E-state index in [1.807, 2.05) is 19.1 Å². The highest BCUT2D eigenvalue weighted by molar-refractivity contribution is 8.18. The van der Waals surface area contributed by atoms with Crippen LogP contribution in [0.4, 0.5) is 10.5 Å². The monoisotopic (exact) mass is 454 g/mol. The predicted octanol–water partition coefficient (Wildman–Crippen LogP) is 3.61. The second-order valence-corrected chi connectivity index (χ2v) is 7.81. The molecule has 0 saturated carbocycles. The summed E-state index contributed by atoms with van der Waals surface area (Å²) in [6.45, 7) is 3.20. The van der Waals surface area contributed by atoms with Crippen molar-refractivity contribution >= 4 is 46.5 Å². The summed E-state index contributed by atoms with van der Waals surface area (Å²) in [5, 5.41) is 2.13. The summed E-state index contributed by atoms with van der Waals surface area (Å²) in [6.07, 6.45) is 1.50. The van der Waals surface area contributed by atoms with Gasteiger partial charge in [0.1, 0.15) is 12.3 Å². The molecule has 166 valence electrons. The zero-order chi connectivity index (χ0) is 23.1. The van der Waals surface area contributed by atoms with Crippen LogP contribution < -0.4 is 10.1 Å². The van der Waals surface area contributed by atoms with Crippen LogP contribution in [0.15, 0.2) is 53.4 Å². The molecule has 0 radical (unpaired) electrons. The summed E-state index contributed by atoms with van der Waals surface area (Å²) in [5.41, 5.74) is 2.15. The number of imide groups is 1. The quantitative estimate of drug-likeness (QED) is 0.480. The van der Waals surface area contributed by atoms with Gasteiger partial charge in [-0.15, -0.1) is 0 Å². The number of para-hydroxylation sites is 1. The van der Waals surface area contributed by atoms with Crippen molar-refractivity contribution in [1.29, 1.82) is 0 Å². The molecule has 1 fully saturated rings. The summed E-state index contributed by atoms with van der Waals surface area (Å²) >= 11 is 0.739. The van der Waals surface area contributed by atoms with E-state index in [0.29, 0.717) is 17.0 Å². The van der Waals surface area contributed by atoms with E-state index < -0.39 is 29.6 Å². The van der Waals surface area contributed by atoms with E-state index in [4.69, 9.17) is 9.47 Å². The highest BCUT2D eigenvalue weighted by atomic mass is 32.2. The van der Waals surface area contributed by atoms with Gasteiger partial charge in [0.2, 0.25) is 5.91 Å². The van der Waals surface area contributed by atoms with Gasteiger partial charge in [-0.25, -0.2) is 4.79 Å². The molecule has 0 aromatic heterocycles. The number of hydrogen-bond acceptors (Lipinski definition) is 7. The molecule has 0 spiro atoms. The third-order valence-electron chi connectivity index (χ3n) is 4.37. The molecule has 8 nitrogen and oxygen atoms in total. The van der Waals surface area contributed by atoms with Gasteiger partial charge in [0, 0.05) is 11.3 Å². The highest BCUT2D eigenvalue weighted by Gasteiger charge is 2.36. The van der Waals surface area contributed by atoms with Crippen molar-refractivity contribution in [2.45, 2.75) is 13.8 Å². The van der Waals surface area contributed by atoms with E-state index in [0.717, 1.165) is 22.2 Å². The Kier molecular flexibility index (Phi) is 7.67. The average Bonchev–Trinajstić information content (AvgIpc) is 3.02. The maximum absolute atomic E-state index is 12.7. The summed E-state index contributed by atoms with van der Waals surface area (Å²) in [5.74, 6) is -1.19. The largest absolute Gasteiger partial charge is 0.481 e. The first-order valence-electron chi connectivity index (χ1n) is 9.86. The van der Waals surface area contributed by atoms with E-state index in [9.17, 15) is 19.2 Å². The fourth-order valence-corrected chi connectivity index (χ4v) is 3.66. The van der Waals surface area contributed by atoms with E-state index in [1.54, 1.807) is 43.3 Å². The standard InChI is InChI=1S/C23H22N2O6S/c1-3-30-21(27)14-31-18-7-5-4-6-16(18)12-19-22(28)25(23(29)32-19)13-20(26)24-17-10-8-15(2)9-11-17/h4-12H,3,13-14H2,1-2H3,(H,24,26). The summed E-state index contributed by atoms with van der Waals surface area (Å²) in [4.78, 5) is 50.0. The fourth-order valence-electron chi connectivity index (χ4n) is 2.83. The number of benzene rings is 2. The lowest BCUT2D eigenvalue weighted by Gasteiger charge is -2.12. The van der Waals surface area contributed by atoms with Crippen LogP contribution in [0, 0.1) is 6.92 Å². The Bertz CT molecular complexity index is 1060. The molecular formula is C23H22N2O6S. The maximum Gasteiger partial charge on any atom is 0.344 e. The third-order valence-corrected chi connectivity index (χ3v) is 5.27. The number of nitrogens with one attached hydrogen (secondary N) is 1. The number of amides is 3. The van der Waals surface area contributed by atoms with Crippen LogP contribution >= 0.6 is 11.8 Å². The molecule has 0 bridgehead atoms. The number of anilines is 1. The summed E-state index contributed by atoms with van der Waals surface area (Å²) < 4.78 is 10.3. The maximum atomic E-state index is 12.7. The van der Waals surface area contributed by atoms with Crippen LogP contribution in [0.5, 0.6) is 5.75 Å². The lowest BCUT2D eigenvalue weighted by molar-refractivity contribution is -0.145. The van der Waals surface area contributed by atoms with Crippen LogP contribution in [0.1, 0.15) is 18.1 Å². The number of thioether (sulfide) groups is 1. The van der Waals surface area contributed by atoms with Gasteiger partial charge in [0.05, 0.1) is 11.5 Å². The normalized spacial score (nSPS) is 14.6. The molecule has 3 amide bonds. The predicted molar refractivity (Wildman–Crippen MR) is 121 cm³/mol. The Labute approximate surface area is 189 Å². The van der Waals surface area contributed by atoms with Gasteiger partial charge in [-0.1, -0.05) is 35.9 Å². The number of nitrogens with zero attached hydrogens (tertiary/aromatic N) is 1. The number of carbonyl (C=O) groups is 4. The first kappa shape index (κ1) is 23.1. The van der Waals surface area contributed by atoms with E-state index in [2.05, 4.69) is 5.32 Å². The van der Waals surface area contributed by atoms with Crippen LogP contribution in [0.3, 0.4) is 0 Å². The molecule has 1 aliphatic heterocycles. The number of ether oxygens (including phenoxy) is 2. The van der Waals surface area contributed by atoms with Gasteiger partial charge in [-0.3, -0.25) is 19.3 Å². The van der Waals surface area contributed by atoms with Crippen LogP contribution in [-0.2, 0) is 19.1 Å². The van der Waals surface area contributed by atoms with Crippen LogP contribution in [0.25, 0.3) is 6.08 Å². The Morgan fingerprint density at radius 3 is 2.53 bits per heavy atom. The van der Waals surface area contributed by atoms with Gasteiger partial charge >= 0.3 is 5.97 Å². The van der Waals surface area contributed by atoms with Gasteiger partial charge in [-0.2, -0.15) is 0 Å². The number of aryl methyl sites for hydroxylation is 1. The van der Waals surface area contributed by atoms with Gasteiger partial charge in [-0.05, 0) is 49.9 Å². The molecule has 0 aliphatic carbocycles. The van der Waals surface area contributed by atoms with E-state index in [-0.39, 0.29) is 18.1 Å². The molecule has 1 saturated heterocycles. The highest BCUT2D eigenvalue weighted by Crippen LogP contribution is 2.33. The number of esters is 1. The van der Waals surface area contributed by atoms with Crippen molar-refractivity contribution in [2.75, 3.05) is 25.1 Å². The zero-order valence-corrected chi connectivity index (χ0v) is 18.4. The van der Waals surface area contributed by atoms with Crippen molar-refractivity contribution in [3.05, 3.63) is 64.6 Å². The van der Waals surface area contributed by atoms with Crippen molar-refractivity contribution < 1.29 is 28.7 Å². The second kappa shape index (κ2) is 10.6. The van der Waals surface area contributed by atoms with Crippen molar-refractivity contribution in [1.82, 2.24) is 4.90 Å². The smallest absolute Gasteiger partial charge is 0.344 e. The van der Waals surface area contributed by atoms with Crippen LogP contribution in [0.2, 0.25) is 0 Å². The Balaban J connectivity index is 1.68. The van der Waals surface area contributed by atoms with Crippen molar-refractivity contribution in [3.63, 3.8) is 0 Å². The average molecular weight is 455 g/mol. The van der Waals surface area contributed by atoms with Crippen LogP contribution in [-0.4, -0.2) is 47.7 Å². The second-order valence-electron chi connectivity index (χ2n) is 6.81. The molecule has 2 aromatic carbocycles. The molecule has 1 aliphatic rings. The molecular weight excluding hydrogens is 432 g/mol. The minimum absolute atomic E-state index is 0.158. The fraction of sp³-hybridized carbons (Fsp3) is 0.217. The zero-order valence-electron chi connectivity index (χ0n) is 17.6. The molecule has 3 rings (SSSR count). The molecule has 1 N–H and O–H groups in total.